The number of hydrogen-bond acceptors (Lipinski definition) is 3. The Labute approximate surface area is 126 Å². The lowest BCUT2D eigenvalue weighted by atomic mass is 9.99. The zero-order valence-electron chi connectivity index (χ0n) is 12.5. The zero-order valence-corrected chi connectivity index (χ0v) is 13.4. The van der Waals surface area contributed by atoms with Crippen molar-refractivity contribution in [3.63, 3.8) is 0 Å². The number of benzene rings is 2. The monoisotopic (exact) mass is 304 g/mol. The molecule has 1 atom stereocenters. The maximum absolute atomic E-state index is 12.2. The Morgan fingerprint density at radius 3 is 2.10 bits per heavy atom. The second-order valence-electron chi connectivity index (χ2n) is 5.23. The third-order valence-corrected chi connectivity index (χ3v) is 4.84. The highest BCUT2D eigenvalue weighted by Gasteiger charge is 2.16. The largest absolute Gasteiger partial charge is 0.379 e. The standard InChI is InChI=1S/C17H20O3S/c1-4-14(3)15-7-9-16(10-8-15)20-21(18,19)17-11-5-13(2)6-12-17/h5-12,14H,4H2,1-3H3. The zero-order chi connectivity index (χ0) is 15.5. The molecule has 112 valence electrons. The van der Waals surface area contributed by atoms with Gasteiger partial charge in [0.1, 0.15) is 10.6 Å². The highest BCUT2D eigenvalue weighted by atomic mass is 32.2. The van der Waals surface area contributed by atoms with Gasteiger partial charge in [0, 0.05) is 0 Å². The number of rotatable bonds is 5. The van der Waals surface area contributed by atoms with Crippen LogP contribution >= 0.6 is 0 Å². The Morgan fingerprint density at radius 2 is 1.57 bits per heavy atom. The summed E-state index contributed by atoms with van der Waals surface area (Å²) < 4.78 is 29.5. The molecule has 0 spiro atoms. The van der Waals surface area contributed by atoms with Crippen molar-refractivity contribution in [2.24, 2.45) is 0 Å². The van der Waals surface area contributed by atoms with Gasteiger partial charge in [-0.15, -0.1) is 0 Å². The molecule has 3 nitrogen and oxygen atoms in total. The molecule has 0 heterocycles. The van der Waals surface area contributed by atoms with Gasteiger partial charge in [-0.1, -0.05) is 43.7 Å². The molecule has 0 amide bonds. The summed E-state index contributed by atoms with van der Waals surface area (Å²) >= 11 is 0. The van der Waals surface area contributed by atoms with Gasteiger partial charge in [0.25, 0.3) is 0 Å². The van der Waals surface area contributed by atoms with Gasteiger partial charge in [-0.05, 0) is 49.1 Å². The molecule has 0 saturated heterocycles. The molecule has 0 fully saturated rings. The SMILES string of the molecule is CCC(C)c1ccc(OS(=O)(=O)c2ccc(C)cc2)cc1. The molecule has 2 aromatic carbocycles. The van der Waals surface area contributed by atoms with Crippen molar-refractivity contribution in [2.45, 2.75) is 38.0 Å². The van der Waals surface area contributed by atoms with Crippen molar-refractivity contribution < 1.29 is 12.6 Å². The van der Waals surface area contributed by atoms with E-state index in [1.165, 1.54) is 5.56 Å². The summed E-state index contributed by atoms with van der Waals surface area (Å²) in [7, 11) is -3.77. The first-order chi connectivity index (χ1) is 9.92. The fourth-order valence-corrected chi connectivity index (χ4v) is 2.90. The Hall–Kier alpha value is -1.81. The summed E-state index contributed by atoms with van der Waals surface area (Å²) in [5.41, 5.74) is 2.18. The molecule has 0 aliphatic heterocycles. The van der Waals surface area contributed by atoms with Crippen molar-refractivity contribution in [2.75, 3.05) is 0 Å². The summed E-state index contributed by atoms with van der Waals surface area (Å²) in [6, 6.07) is 13.8. The van der Waals surface area contributed by atoms with Crippen LogP contribution in [0.1, 0.15) is 37.3 Å². The van der Waals surface area contributed by atoms with Crippen molar-refractivity contribution in [3.05, 3.63) is 59.7 Å². The van der Waals surface area contributed by atoms with Gasteiger partial charge < -0.3 is 4.18 Å². The molecule has 21 heavy (non-hydrogen) atoms. The van der Waals surface area contributed by atoms with Crippen molar-refractivity contribution in [3.8, 4) is 5.75 Å². The third kappa shape index (κ3) is 3.85. The molecular weight excluding hydrogens is 284 g/mol. The Morgan fingerprint density at radius 1 is 1.00 bits per heavy atom. The quantitative estimate of drug-likeness (QED) is 0.774. The molecule has 0 aliphatic carbocycles. The Balaban J connectivity index is 2.19. The lowest BCUT2D eigenvalue weighted by molar-refractivity contribution is 0.486. The van der Waals surface area contributed by atoms with Crippen LogP contribution in [-0.2, 0) is 10.1 Å². The highest BCUT2D eigenvalue weighted by molar-refractivity contribution is 7.87. The second-order valence-corrected chi connectivity index (χ2v) is 6.78. The van der Waals surface area contributed by atoms with Gasteiger partial charge >= 0.3 is 10.1 Å². The lowest BCUT2D eigenvalue weighted by Crippen LogP contribution is -2.09. The summed E-state index contributed by atoms with van der Waals surface area (Å²) in [6.07, 6.45) is 1.04. The normalized spacial score (nSPS) is 12.9. The molecule has 2 rings (SSSR count). The van der Waals surface area contributed by atoms with Crippen molar-refractivity contribution in [1.82, 2.24) is 0 Å². The molecular formula is C17H20O3S. The van der Waals surface area contributed by atoms with Gasteiger partial charge in [-0.2, -0.15) is 8.42 Å². The van der Waals surface area contributed by atoms with Crippen LogP contribution in [0.25, 0.3) is 0 Å². The van der Waals surface area contributed by atoms with E-state index in [-0.39, 0.29) is 4.90 Å². The van der Waals surface area contributed by atoms with E-state index in [0.717, 1.165) is 12.0 Å². The van der Waals surface area contributed by atoms with Crippen LogP contribution in [0.15, 0.2) is 53.4 Å². The molecule has 4 heteroatoms. The first-order valence-corrected chi connectivity index (χ1v) is 8.44. The first-order valence-electron chi connectivity index (χ1n) is 7.03. The molecule has 0 aromatic heterocycles. The highest BCUT2D eigenvalue weighted by Crippen LogP contribution is 2.23. The Kier molecular flexibility index (Phi) is 4.68. The molecule has 0 bridgehead atoms. The van der Waals surface area contributed by atoms with E-state index in [9.17, 15) is 8.42 Å². The van der Waals surface area contributed by atoms with E-state index in [4.69, 9.17) is 4.18 Å². The summed E-state index contributed by atoms with van der Waals surface area (Å²) in [6.45, 7) is 6.17. The first kappa shape index (κ1) is 15.6. The topological polar surface area (TPSA) is 43.4 Å². The minimum absolute atomic E-state index is 0.166. The summed E-state index contributed by atoms with van der Waals surface area (Å²) in [5.74, 6) is 0.787. The van der Waals surface area contributed by atoms with E-state index < -0.39 is 10.1 Å². The minimum Gasteiger partial charge on any atom is -0.379 e. The third-order valence-electron chi connectivity index (χ3n) is 3.58. The average molecular weight is 304 g/mol. The van der Waals surface area contributed by atoms with Gasteiger partial charge in [-0.25, -0.2) is 0 Å². The fourth-order valence-electron chi connectivity index (χ4n) is 1.97. The van der Waals surface area contributed by atoms with E-state index in [0.29, 0.717) is 11.7 Å². The predicted octanol–water partition coefficient (Wildman–Crippen LogP) is 4.28. The number of hydrogen-bond donors (Lipinski definition) is 0. The van der Waals surface area contributed by atoms with Gasteiger partial charge in [0.05, 0.1) is 0 Å². The minimum atomic E-state index is -3.77. The van der Waals surface area contributed by atoms with Crippen LogP contribution in [0.2, 0.25) is 0 Å². The van der Waals surface area contributed by atoms with Crippen LogP contribution in [-0.4, -0.2) is 8.42 Å². The maximum Gasteiger partial charge on any atom is 0.339 e. The molecule has 1 unspecified atom stereocenters. The second kappa shape index (κ2) is 6.31. The van der Waals surface area contributed by atoms with E-state index >= 15 is 0 Å². The van der Waals surface area contributed by atoms with Crippen molar-refractivity contribution in [1.29, 1.82) is 0 Å². The van der Waals surface area contributed by atoms with Gasteiger partial charge in [-0.3, -0.25) is 0 Å². The molecule has 0 radical (unpaired) electrons. The summed E-state index contributed by atoms with van der Waals surface area (Å²) in [5, 5.41) is 0. The van der Waals surface area contributed by atoms with Crippen LogP contribution in [0.5, 0.6) is 5.75 Å². The van der Waals surface area contributed by atoms with E-state index in [1.807, 2.05) is 19.1 Å². The van der Waals surface area contributed by atoms with E-state index in [1.54, 1.807) is 36.4 Å². The molecule has 0 saturated carbocycles. The van der Waals surface area contributed by atoms with Crippen LogP contribution in [0.3, 0.4) is 0 Å². The molecule has 0 N–H and O–H groups in total. The smallest absolute Gasteiger partial charge is 0.339 e. The van der Waals surface area contributed by atoms with Crippen LogP contribution in [0.4, 0.5) is 0 Å². The molecule has 2 aromatic rings. The van der Waals surface area contributed by atoms with Gasteiger partial charge in [0.2, 0.25) is 0 Å². The van der Waals surface area contributed by atoms with Crippen LogP contribution in [0, 0.1) is 6.92 Å². The number of aryl methyl sites for hydroxylation is 1. The maximum atomic E-state index is 12.2. The lowest BCUT2D eigenvalue weighted by Gasteiger charge is -2.11. The van der Waals surface area contributed by atoms with E-state index in [2.05, 4.69) is 13.8 Å². The molecule has 0 aliphatic rings. The fraction of sp³-hybridized carbons (Fsp3) is 0.294. The van der Waals surface area contributed by atoms with Gasteiger partial charge in [0.15, 0.2) is 0 Å². The average Bonchev–Trinajstić information content (AvgIpc) is 2.47. The van der Waals surface area contributed by atoms with Crippen molar-refractivity contribution >= 4 is 10.1 Å². The Bertz CT molecular complexity index is 686. The predicted molar refractivity (Wildman–Crippen MR) is 84.1 cm³/mol. The van der Waals surface area contributed by atoms with Crippen LogP contribution < -0.4 is 4.18 Å². The summed E-state index contributed by atoms with van der Waals surface area (Å²) in [4.78, 5) is 0.166.